The summed E-state index contributed by atoms with van der Waals surface area (Å²) >= 11 is 0. The molecule has 32 heavy (non-hydrogen) atoms. The normalized spacial score (nSPS) is 14.5. The van der Waals surface area contributed by atoms with Crippen LogP contribution in [0, 0.1) is 0 Å². The lowest BCUT2D eigenvalue weighted by Gasteiger charge is -2.16. The second-order valence-electron chi connectivity index (χ2n) is 7.35. The van der Waals surface area contributed by atoms with Gasteiger partial charge >= 0.3 is 12.4 Å². The third-order valence-corrected chi connectivity index (χ3v) is 4.74. The maximum atomic E-state index is 13.2. The quantitative estimate of drug-likeness (QED) is 0.422. The number of fused-ring (bicyclic) bond motifs is 1. The third-order valence-electron chi connectivity index (χ3n) is 4.74. The summed E-state index contributed by atoms with van der Waals surface area (Å²) in [5, 5.41) is 6.11. The van der Waals surface area contributed by atoms with E-state index in [0.29, 0.717) is 35.4 Å². The fourth-order valence-corrected chi connectivity index (χ4v) is 3.10. The van der Waals surface area contributed by atoms with Crippen LogP contribution in [0.15, 0.2) is 36.4 Å². The van der Waals surface area contributed by atoms with E-state index in [4.69, 9.17) is 4.74 Å². The zero-order chi connectivity index (χ0) is 23.1. The minimum atomic E-state index is -4.95. The molecule has 0 atom stereocenters. The number of halogens is 6. The lowest BCUT2D eigenvalue weighted by atomic mass is 10.1. The highest BCUT2D eigenvalue weighted by Gasteiger charge is 2.37. The Morgan fingerprint density at radius 3 is 2.16 bits per heavy atom. The van der Waals surface area contributed by atoms with Gasteiger partial charge in [0, 0.05) is 17.1 Å². The molecule has 11 heteroatoms. The molecule has 170 valence electrons. The average Bonchev–Trinajstić information content (AvgIpc) is 3.51. The van der Waals surface area contributed by atoms with Crippen LogP contribution < -0.4 is 15.4 Å². The number of hydrogen-bond acceptors (Lipinski definition) is 5. The Kier molecular flexibility index (Phi) is 5.51. The van der Waals surface area contributed by atoms with Gasteiger partial charge in [-0.05, 0) is 56.2 Å². The van der Waals surface area contributed by atoms with Crippen molar-refractivity contribution in [3.05, 3.63) is 47.5 Å². The number of nitrogens with zero attached hydrogens (tertiary/aromatic N) is 2. The molecule has 0 unspecified atom stereocenters. The number of ether oxygens (including phenoxy) is 1. The molecule has 0 radical (unpaired) electrons. The van der Waals surface area contributed by atoms with Gasteiger partial charge in [-0.25, -0.2) is 4.98 Å². The molecule has 2 aromatic carbocycles. The largest absolute Gasteiger partial charge is 0.494 e. The van der Waals surface area contributed by atoms with E-state index in [1.54, 1.807) is 25.1 Å². The summed E-state index contributed by atoms with van der Waals surface area (Å²) in [6, 6.07) is 6.41. The molecule has 2 N–H and O–H groups in total. The summed E-state index contributed by atoms with van der Waals surface area (Å²) in [4.78, 5) is 8.70. The number of anilines is 3. The SMILES string of the molecule is CCOc1ccc2nc(NC3CC3)nc(Nc3cc(C(F)(F)F)cc(C(F)(F)F)c3)c2c1. The Hall–Kier alpha value is -3.24. The van der Waals surface area contributed by atoms with E-state index in [9.17, 15) is 26.3 Å². The lowest BCUT2D eigenvalue weighted by molar-refractivity contribution is -0.143. The number of benzene rings is 2. The molecule has 1 heterocycles. The third kappa shape index (κ3) is 4.97. The van der Waals surface area contributed by atoms with E-state index >= 15 is 0 Å². The molecule has 1 aliphatic carbocycles. The van der Waals surface area contributed by atoms with Gasteiger partial charge in [0.1, 0.15) is 11.6 Å². The zero-order valence-corrected chi connectivity index (χ0v) is 16.7. The van der Waals surface area contributed by atoms with E-state index < -0.39 is 29.2 Å². The van der Waals surface area contributed by atoms with Crippen molar-refractivity contribution in [2.45, 2.75) is 38.2 Å². The molecule has 4 rings (SSSR count). The molecule has 0 aliphatic heterocycles. The first-order valence-electron chi connectivity index (χ1n) is 9.80. The van der Waals surface area contributed by atoms with E-state index in [1.807, 2.05) is 0 Å². The van der Waals surface area contributed by atoms with Gasteiger partial charge in [0.2, 0.25) is 5.95 Å². The maximum absolute atomic E-state index is 13.2. The van der Waals surface area contributed by atoms with Crippen LogP contribution in [0.25, 0.3) is 10.9 Å². The van der Waals surface area contributed by atoms with Crippen molar-refractivity contribution in [2.24, 2.45) is 0 Å². The highest BCUT2D eigenvalue weighted by atomic mass is 19.4. The van der Waals surface area contributed by atoms with E-state index in [-0.39, 0.29) is 23.9 Å². The van der Waals surface area contributed by atoms with Gasteiger partial charge in [-0.1, -0.05) is 0 Å². The number of nitrogens with one attached hydrogen (secondary N) is 2. The minimum absolute atomic E-state index is 0.0622. The van der Waals surface area contributed by atoms with Gasteiger partial charge in [0.05, 0.1) is 23.3 Å². The molecule has 0 spiro atoms. The fraction of sp³-hybridized carbons (Fsp3) is 0.333. The van der Waals surface area contributed by atoms with E-state index in [0.717, 1.165) is 12.8 Å². The number of alkyl halides is 6. The molecule has 5 nitrogen and oxygen atoms in total. The first-order chi connectivity index (χ1) is 15.0. The minimum Gasteiger partial charge on any atom is -0.494 e. The first-order valence-corrected chi connectivity index (χ1v) is 9.80. The van der Waals surface area contributed by atoms with Crippen LogP contribution in [0.2, 0.25) is 0 Å². The Balaban J connectivity index is 1.82. The van der Waals surface area contributed by atoms with Gasteiger partial charge in [-0.2, -0.15) is 31.3 Å². The summed E-state index contributed by atoms with van der Waals surface area (Å²) in [5.74, 6) is 0.761. The van der Waals surface area contributed by atoms with Crippen molar-refractivity contribution in [3.8, 4) is 5.75 Å². The van der Waals surface area contributed by atoms with Crippen LogP contribution in [0.1, 0.15) is 30.9 Å². The first kappa shape index (κ1) is 22.0. The summed E-state index contributed by atoms with van der Waals surface area (Å²) in [5.41, 5.74) is -2.78. The molecule has 0 saturated heterocycles. The van der Waals surface area contributed by atoms with Gasteiger partial charge in [-0.3, -0.25) is 0 Å². The lowest BCUT2D eigenvalue weighted by Crippen LogP contribution is -2.12. The topological polar surface area (TPSA) is 59.1 Å². The van der Waals surface area contributed by atoms with Gasteiger partial charge in [-0.15, -0.1) is 0 Å². The zero-order valence-electron chi connectivity index (χ0n) is 16.7. The number of hydrogen-bond donors (Lipinski definition) is 2. The average molecular weight is 456 g/mol. The maximum Gasteiger partial charge on any atom is 0.416 e. The predicted molar refractivity (Wildman–Crippen MR) is 107 cm³/mol. The second-order valence-corrected chi connectivity index (χ2v) is 7.35. The van der Waals surface area contributed by atoms with Crippen molar-refractivity contribution in [1.29, 1.82) is 0 Å². The molecule has 1 fully saturated rings. The molecule has 1 aliphatic rings. The molecule has 0 amide bonds. The van der Waals surface area contributed by atoms with Crippen LogP contribution >= 0.6 is 0 Å². The molecule has 1 aromatic heterocycles. The van der Waals surface area contributed by atoms with Crippen LogP contribution in [-0.2, 0) is 12.4 Å². The van der Waals surface area contributed by atoms with Gasteiger partial charge < -0.3 is 15.4 Å². The summed E-state index contributed by atoms with van der Waals surface area (Å²) in [6.07, 6.45) is -8.05. The Morgan fingerprint density at radius 1 is 0.938 bits per heavy atom. The van der Waals surface area contributed by atoms with E-state index in [2.05, 4.69) is 20.6 Å². The summed E-state index contributed by atoms with van der Waals surface area (Å²) in [6.45, 7) is 2.16. The molecule has 0 bridgehead atoms. The van der Waals surface area contributed by atoms with E-state index in [1.165, 1.54) is 0 Å². The highest BCUT2D eigenvalue weighted by Crippen LogP contribution is 2.39. The second kappa shape index (κ2) is 8.03. The van der Waals surface area contributed by atoms with Crippen LogP contribution in [0.4, 0.5) is 43.8 Å². The monoisotopic (exact) mass is 456 g/mol. The Labute approximate surface area is 178 Å². The van der Waals surface area contributed by atoms with Gasteiger partial charge in [0.15, 0.2) is 0 Å². The Bertz CT molecular complexity index is 1110. The molecular weight excluding hydrogens is 438 g/mol. The molecule has 3 aromatic rings. The van der Waals surface area contributed by atoms with Crippen molar-refractivity contribution in [1.82, 2.24) is 9.97 Å². The number of aromatic nitrogens is 2. The highest BCUT2D eigenvalue weighted by molar-refractivity contribution is 5.93. The smallest absolute Gasteiger partial charge is 0.416 e. The van der Waals surface area contributed by atoms with Crippen LogP contribution in [0.5, 0.6) is 5.75 Å². The number of rotatable bonds is 6. The van der Waals surface area contributed by atoms with Crippen LogP contribution in [0.3, 0.4) is 0 Å². The van der Waals surface area contributed by atoms with Crippen molar-refractivity contribution in [3.63, 3.8) is 0 Å². The van der Waals surface area contributed by atoms with Crippen molar-refractivity contribution >= 4 is 28.4 Å². The molecule has 1 saturated carbocycles. The Morgan fingerprint density at radius 2 is 1.59 bits per heavy atom. The van der Waals surface area contributed by atoms with Crippen LogP contribution in [-0.4, -0.2) is 22.6 Å². The molecular formula is C21H18F6N4O. The van der Waals surface area contributed by atoms with Gasteiger partial charge in [0.25, 0.3) is 0 Å². The predicted octanol–water partition coefficient (Wildman–Crippen LogP) is 6.38. The summed E-state index contributed by atoms with van der Waals surface area (Å²) in [7, 11) is 0. The summed E-state index contributed by atoms with van der Waals surface area (Å²) < 4.78 is 84.9. The fourth-order valence-electron chi connectivity index (χ4n) is 3.10. The van der Waals surface area contributed by atoms with Crippen molar-refractivity contribution in [2.75, 3.05) is 17.2 Å². The van der Waals surface area contributed by atoms with Crippen molar-refractivity contribution < 1.29 is 31.1 Å². The standard InChI is InChI=1S/C21H18F6N4O/c1-2-32-15-5-6-17-16(10-15)18(31-19(30-17)29-13-3-4-13)28-14-8-11(20(22,23)24)7-12(9-14)21(25,26)27/h5-10,13H,2-4H2,1H3,(H2,28,29,30,31).